The summed E-state index contributed by atoms with van der Waals surface area (Å²) in [6, 6.07) is -1.85. The second kappa shape index (κ2) is 10.0. The van der Waals surface area contributed by atoms with E-state index in [0.717, 1.165) is 0 Å². The van der Waals surface area contributed by atoms with Gasteiger partial charge >= 0.3 is 49.7 Å². The summed E-state index contributed by atoms with van der Waals surface area (Å²) in [5.41, 5.74) is 10.4. The Hall–Kier alpha value is 0.820. The van der Waals surface area contributed by atoms with E-state index >= 15 is 0 Å². The van der Waals surface area contributed by atoms with E-state index in [1.165, 1.54) is 21.6 Å². The van der Waals surface area contributed by atoms with Gasteiger partial charge in [-0.2, -0.15) is 0 Å². The molecule has 6 N–H and O–H groups in total. The topological polar surface area (TPSA) is 127 Å². The van der Waals surface area contributed by atoms with E-state index in [0.29, 0.717) is 0 Å². The third-order valence-electron chi connectivity index (χ3n) is 1.21. The molecule has 0 heterocycles. The Bertz CT molecular complexity index is 206. The number of hydrogen-bond donors (Lipinski definition) is 4. The van der Waals surface area contributed by atoms with Crippen molar-refractivity contribution in [1.29, 1.82) is 0 Å². The predicted octanol–water partition coefficient (Wildman–Crippen LogP) is -0.964. The third kappa shape index (κ3) is 9.73. The van der Waals surface area contributed by atoms with Crippen LogP contribution < -0.4 is 11.5 Å². The van der Waals surface area contributed by atoms with Crippen LogP contribution in [0, 0.1) is 0 Å². The van der Waals surface area contributed by atoms with Crippen LogP contribution in [0.5, 0.6) is 0 Å². The summed E-state index contributed by atoms with van der Waals surface area (Å²) in [5, 5.41) is 16.8. The molecule has 0 aliphatic rings. The van der Waals surface area contributed by atoms with Crippen molar-refractivity contribution in [3.05, 3.63) is 0 Å². The molecule has 86 valence electrons. The van der Waals surface area contributed by atoms with Crippen LogP contribution in [0.2, 0.25) is 0 Å². The maximum absolute atomic E-state index is 10.3. The first-order valence-electron chi connectivity index (χ1n) is 3.66. The molecule has 6 nitrogen and oxygen atoms in total. The van der Waals surface area contributed by atoms with Crippen molar-refractivity contribution < 1.29 is 22.7 Å². The number of hydrogen-bond acceptors (Lipinski definition) is 6. The zero-order chi connectivity index (χ0) is 11.1. The molecule has 0 aromatic rings. The van der Waals surface area contributed by atoms with E-state index in [1.54, 1.807) is 0 Å². The van der Waals surface area contributed by atoms with E-state index in [-0.39, 0.29) is 52.1 Å². The monoisotopic (exact) mass is 282 g/mol. The molecule has 0 aromatic carbocycles. The predicted molar refractivity (Wildman–Crippen MR) is 64.1 cm³/mol. The second-order valence-electron chi connectivity index (χ2n) is 2.46. The summed E-state index contributed by atoms with van der Waals surface area (Å²) >= 11 is 0. The van der Waals surface area contributed by atoms with Crippen LogP contribution in [-0.4, -0.2) is 83.5 Å². The molecule has 0 spiro atoms. The molecule has 0 saturated carbocycles. The first kappa shape index (κ1) is 18.2. The quantitative estimate of drug-likeness (QED) is 0.267. The minimum absolute atomic E-state index is 0. The number of rotatable bonds is 7. The van der Waals surface area contributed by atoms with Gasteiger partial charge in [-0.3, -0.25) is 9.59 Å². The third-order valence-corrected chi connectivity index (χ3v) is 3.69. The summed E-state index contributed by atoms with van der Waals surface area (Å²) in [7, 11) is 2.41. The smallest absolute Gasteiger partial charge is 1.00 e. The molecule has 0 aliphatic heterocycles. The SMILES string of the molecule is NC(CSSCC(N)C(=O)O)C(=O)O.[Ca+2].[H-].[H-]. The summed E-state index contributed by atoms with van der Waals surface area (Å²) in [5.74, 6) is -1.68. The fourth-order valence-electron chi connectivity index (χ4n) is 0.385. The summed E-state index contributed by atoms with van der Waals surface area (Å²) in [6.45, 7) is 0. The van der Waals surface area contributed by atoms with Crippen LogP contribution in [0.1, 0.15) is 2.85 Å². The number of carbonyl (C=O) groups is 2. The number of aliphatic carboxylic acids is 2. The zero-order valence-electron chi connectivity index (χ0n) is 9.96. The van der Waals surface area contributed by atoms with Gasteiger partial charge in [-0.25, -0.2) is 0 Å². The van der Waals surface area contributed by atoms with Crippen molar-refractivity contribution in [3.63, 3.8) is 0 Å². The van der Waals surface area contributed by atoms with Gasteiger partial charge in [0.1, 0.15) is 12.1 Å². The molecular formula is C6H14CaN2O4S2. The Morgan fingerprint density at radius 1 is 1.07 bits per heavy atom. The maximum Gasteiger partial charge on any atom is 2.00 e. The van der Waals surface area contributed by atoms with Crippen LogP contribution >= 0.6 is 21.6 Å². The fourth-order valence-corrected chi connectivity index (χ4v) is 2.61. The summed E-state index contributed by atoms with van der Waals surface area (Å²) in [4.78, 5) is 20.5. The van der Waals surface area contributed by atoms with Gasteiger partial charge in [0, 0.05) is 11.5 Å². The molecule has 0 amide bonds. The number of nitrogens with two attached hydrogens (primary N) is 2. The molecule has 0 radical (unpaired) electrons. The zero-order valence-corrected chi connectivity index (χ0v) is 11.8. The van der Waals surface area contributed by atoms with Crippen LogP contribution in [0.25, 0.3) is 0 Å². The van der Waals surface area contributed by atoms with Gasteiger partial charge in [0.2, 0.25) is 0 Å². The first-order valence-corrected chi connectivity index (χ1v) is 6.15. The van der Waals surface area contributed by atoms with Crippen molar-refractivity contribution in [3.8, 4) is 0 Å². The average molecular weight is 282 g/mol. The normalized spacial score (nSPS) is 13.7. The largest absolute Gasteiger partial charge is 2.00 e. The van der Waals surface area contributed by atoms with Crippen molar-refractivity contribution in [2.24, 2.45) is 11.5 Å². The van der Waals surface area contributed by atoms with Gasteiger partial charge in [0.05, 0.1) is 0 Å². The molecule has 0 aliphatic carbocycles. The van der Waals surface area contributed by atoms with Gasteiger partial charge in [-0.1, -0.05) is 21.6 Å². The second-order valence-corrected chi connectivity index (χ2v) is 5.01. The average Bonchev–Trinajstić information content (AvgIpc) is 2.11. The van der Waals surface area contributed by atoms with E-state index in [2.05, 4.69) is 0 Å². The summed E-state index contributed by atoms with van der Waals surface area (Å²) in [6.07, 6.45) is 0. The fraction of sp³-hybridized carbons (Fsp3) is 0.667. The Morgan fingerprint density at radius 2 is 1.33 bits per heavy atom. The minimum Gasteiger partial charge on any atom is -1.00 e. The Labute approximate surface area is 128 Å². The first-order chi connectivity index (χ1) is 6.45. The van der Waals surface area contributed by atoms with Gasteiger partial charge < -0.3 is 24.5 Å². The van der Waals surface area contributed by atoms with E-state index in [4.69, 9.17) is 21.7 Å². The standard InChI is InChI=1S/C6H12N2O4S2.Ca.2H/c7-3(5(9)10)1-13-14-2-4(8)6(11)12;;;/h3-4H,1-2,7-8H2,(H,9,10)(H,11,12);;;/q;+2;2*-1. The molecule has 0 saturated heterocycles. The molecule has 0 fully saturated rings. The molecular weight excluding hydrogens is 268 g/mol. The molecule has 15 heavy (non-hydrogen) atoms. The van der Waals surface area contributed by atoms with Crippen molar-refractivity contribution >= 4 is 71.3 Å². The van der Waals surface area contributed by atoms with Gasteiger partial charge in [0.15, 0.2) is 0 Å². The minimum atomic E-state index is -1.07. The van der Waals surface area contributed by atoms with Crippen molar-refractivity contribution in [1.82, 2.24) is 0 Å². The molecule has 9 heteroatoms. The molecule has 2 atom stereocenters. The van der Waals surface area contributed by atoms with Crippen molar-refractivity contribution in [2.75, 3.05) is 11.5 Å². The molecule has 0 bridgehead atoms. The number of carboxylic acids is 2. The molecule has 0 aromatic heterocycles. The van der Waals surface area contributed by atoms with Gasteiger partial charge in [-0.05, 0) is 0 Å². The van der Waals surface area contributed by atoms with Crippen LogP contribution in [0.3, 0.4) is 0 Å². The summed E-state index contributed by atoms with van der Waals surface area (Å²) < 4.78 is 0. The van der Waals surface area contributed by atoms with Crippen molar-refractivity contribution in [2.45, 2.75) is 12.1 Å². The van der Waals surface area contributed by atoms with E-state index in [1.807, 2.05) is 0 Å². The van der Waals surface area contributed by atoms with Crippen LogP contribution in [0.4, 0.5) is 0 Å². The molecule has 0 rings (SSSR count). The Balaban J connectivity index is -0.000000282. The van der Waals surface area contributed by atoms with E-state index in [9.17, 15) is 9.59 Å². The maximum atomic E-state index is 10.3. The van der Waals surface area contributed by atoms with Gasteiger partial charge in [-0.15, -0.1) is 0 Å². The van der Waals surface area contributed by atoms with Gasteiger partial charge in [0.25, 0.3) is 0 Å². The van der Waals surface area contributed by atoms with Crippen LogP contribution in [-0.2, 0) is 9.59 Å². The Morgan fingerprint density at radius 3 is 1.53 bits per heavy atom. The van der Waals surface area contributed by atoms with Crippen LogP contribution in [0.15, 0.2) is 0 Å². The Kier molecular flexibility index (Phi) is 12.1. The van der Waals surface area contributed by atoms with E-state index < -0.39 is 24.0 Å². The number of carboxylic acid groups (broad SMARTS) is 2. The molecule has 2 unspecified atom stereocenters.